The molecule has 1 heterocycles. The molecule has 0 aromatic carbocycles. The zero-order chi connectivity index (χ0) is 11.5. The molecule has 0 bridgehead atoms. The number of nitrogens with zero attached hydrogens (tertiary/aromatic N) is 4. The third-order valence-electron chi connectivity index (χ3n) is 2.42. The Morgan fingerprint density at radius 1 is 1.67 bits per heavy atom. The predicted octanol–water partition coefficient (Wildman–Crippen LogP) is 0.0293. The van der Waals surface area contributed by atoms with E-state index in [0.29, 0.717) is 12.2 Å². The minimum absolute atomic E-state index is 0.263. The van der Waals surface area contributed by atoms with E-state index in [9.17, 15) is 4.79 Å². The topological polar surface area (TPSA) is 90.1 Å². The lowest BCUT2D eigenvalue weighted by atomic mass is 10.0. The fourth-order valence-electron chi connectivity index (χ4n) is 1.21. The van der Waals surface area contributed by atoms with Gasteiger partial charge in [-0.3, -0.25) is 4.79 Å². The summed E-state index contributed by atoms with van der Waals surface area (Å²) in [6, 6.07) is 0. The van der Waals surface area contributed by atoms with Gasteiger partial charge in [0.25, 0.3) is 0 Å². The maximum Gasteiger partial charge on any atom is 0.325 e. The highest BCUT2D eigenvalue weighted by Crippen LogP contribution is 2.25. The molecular formula is C8H14N4O3. The Balaban J connectivity index is 3.03. The number of methoxy groups -OCH3 is 1. The molecule has 1 atom stereocenters. The van der Waals surface area contributed by atoms with Crippen LogP contribution in [0.1, 0.15) is 26.1 Å². The Labute approximate surface area is 87.0 Å². The zero-order valence-corrected chi connectivity index (χ0v) is 8.97. The van der Waals surface area contributed by atoms with Crippen LogP contribution in [-0.4, -0.2) is 38.4 Å². The first-order valence-electron chi connectivity index (χ1n) is 4.57. The van der Waals surface area contributed by atoms with Crippen molar-refractivity contribution in [1.82, 2.24) is 20.2 Å². The molecule has 1 aromatic rings. The molecule has 0 saturated heterocycles. The van der Waals surface area contributed by atoms with Crippen LogP contribution in [0, 0.1) is 0 Å². The maximum atomic E-state index is 10.6. The van der Waals surface area contributed by atoms with Crippen LogP contribution < -0.4 is 0 Å². The number of carbonyl (C=O) groups is 1. The van der Waals surface area contributed by atoms with Gasteiger partial charge in [-0.15, -0.1) is 5.10 Å². The van der Waals surface area contributed by atoms with Crippen molar-refractivity contribution in [2.45, 2.75) is 32.4 Å². The molecule has 1 unspecified atom stereocenters. The number of aliphatic carboxylic acids is 1. The summed E-state index contributed by atoms with van der Waals surface area (Å²) in [5, 5.41) is 19.5. The fourth-order valence-corrected chi connectivity index (χ4v) is 1.21. The predicted molar refractivity (Wildman–Crippen MR) is 50.1 cm³/mol. The molecule has 0 amide bonds. The molecule has 1 rings (SSSR count). The Morgan fingerprint density at radius 3 is 2.80 bits per heavy atom. The van der Waals surface area contributed by atoms with Crippen molar-refractivity contribution in [2.24, 2.45) is 0 Å². The number of hydrogen-bond donors (Lipinski definition) is 1. The highest BCUT2D eigenvalue weighted by Gasteiger charge is 2.31. The van der Waals surface area contributed by atoms with Gasteiger partial charge >= 0.3 is 5.97 Å². The van der Waals surface area contributed by atoms with Crippen molar-refractivity contribution in [1.29, 1.82) is 0 Å². The number of carboxylic acids is 1. The quantitative estimate of drug-likeness (QED) is 0.743. The van der Waals surface area contributed by atoms with Crippen LogP contribution in [0.25, 0.3) is 0 Å². The second-order valence-corrected chi connectivity index (χ2v) is 3.34. The van der Waals surface area contributed by atoms with Gasteiger partial charge in [-0.2, -0.15) is 0 Å². The van der Waals surface area contributed by atoms with Crippen LogP contribution >= 0.6 is 0 Å². The Morgan fingerprint density at radius 2 is 2.33 bits per heavy atom. The van der Waals surface area contributed by atoms with Gasteiger partial charge in [-0.25, -0.2) is 4.68 Å². The monoisotopic (exact) mass is 214 g/mol. The minimum atomic E-state index is -0.988. The summed E-state index contributed by atoms with van der Waals surface area (Å²) in [4.78, 5) is 10.6. The maximum absolute atomic E-state index is 10.6. The smallest absolute Gasteiger partial charge is 0.325 e. The van der Waals surface area contributed by atoms with Crippen LogP contribution in [0.2, 0.25) is 0 Å². The standard InChI is InChI=1S/C8H14N4O3/c1-4-8(2,15-3)7-9-10-11-12(7)5-6(13)14/h4-5H2,1-3H3,(H,13,14). The van der Waals surface area contributed by atoms with Gasteiger partial charge < -0.3 is 9.84 Å². The van der Waals surface area contributed by atoms with Crippen molar-refractivity contribution in [3.8, 4) is 0 Å². The Hall–Kier alpha value is -1.50. The number of ether oxygens (including phenoxy) is 1. The SMILES string of the molecule is CCC(C)(OC)c1nnnn1CC(=O)O. The first-order valence-corrected chi connectivity index (χ1v) is 4.57. The lowest BCUT2D eigenvalue weighted by Gasteiger charge is -2.24. The van der Waals surface area contributed by atoms with E-state index in [0.717, 1.165) is 0 Å². The normalized spacial score (nSPS) is 14.9. The summed E-state index contributed by atoms with van der Waals surface area (Å²) in [6.07, 6.45) is 0.656. The number of hydrogen-bond acceptors (Lipinski definition) is 5. The van der Waals surface area contributed by atoms with E-state index in [1.54, 1.807) is 7.11 Å². The second-order valence-electron chi connectivity index (χ2n) is 3.34. The van der Waals surface area contributed by atoms with E-state index in [-0.39, 0.29) is 6.54 Å². The van der Waals surface area contributed by atoms with Gasteiger partial charge in [0.15, 0.2) is 5.82 Å². The van der Waals surface area contributed by atoms with Crippen LogP contribution in [-0.2, 0) is 21.7 Å². The van der Waals surface area contributed by atoms with Gasteiger partial charge in [0.05, 0.1) is 0 Å². The van der Waals surface area contributed by atoms with Crippen molar-refractivity contribution in [3.05, 3.63) is 5.82 Å². The molecule has 0 spiro atoms. The van der Waals surface area contributed by atoms with Crippen molar-refractivity contribution >= 4 is 5.97 Å². The molecule has 7 heteroatoms. The molecule has 15 heavy (non-hydrogen) atoms. The van der Waals surface area contributed by atoms with Gasteiger partial charge in [0.2, 0.25) is 0 Å². The summed E-state index contributed by atoms with van der Waals surface area (Å²) < 4.78 is 6.53. The van der Waals surface area contributed by atoms with Crippen molar-refractivity contribution < 1.29 is 14.6 Å². The van der Waals surface area contributed by atoms with Crippen molar-refractivity contribution in [2.75, 3.05) is 7.11 Å². The average molecular weight is 214 g/mol. The Kier molecular flexibility index (Phi) is 3.35. The summed E-state index contributed by atoms with van der Waals surface area (Å²) >= 11 is 0. The van der Waals surface area contributed by atoms with Crippen LogP contribution in [0.15, 0.2) is 0 Å². The van der Waals surface area contributed by atoms with Crippen LogP contribution in [0.5, 0.6) is 0 Å². The second kappa shape index (κ2) is 4.35. The number of rotatable bonds is 5. The Bertz CT molecular complexity index is 345. The van der Waals surface area contributed by atoms with E-state index in [1.165, 1.54) is 4.68 Å². The molecule has 0 aliphatic rings. The van der Waals surface area contributed by atoms with E-state index in [4.69, 9.17) is 9.84 Å². The van der Waals surface area contributed by atoms with Crippen molar-refractivity contribution in [3.63, 3.8) is 0 Å². The molecule has 0 radical (unpaired) electrons. The van der Waals surface area contributed by atoms with Gasteiger partial charge in [-0.05, 0) is 23.8 Å². The highest BCUT2D eigenvalue weighted by atomic mass is 16.5. The number of tetrazole rings is 1. The molecule has 84 valence electrons. The molecule has 0 saturated carbocycles. The number of aromatic nitrogens is 4. The third-order valence-corrected chi connectivity index (χ3v) is 2.42. The molecule has 0 fully saturated rings. The first kappa shape index (κ1) is 11.6. The number of carboxylic acid groups (broad SMARTS) is 1. The largest absolute Gasteiger partial charge is 0.480 e. The van der Waals surface area contributed by atoms with Gasteiger partial charge in [0, 0.05) is 7.11 Å². The molecular weight excluding hydrogens is 200 g/mol. The average Bonchev–Trinajstić information content (AvgIpc) is 2.64. The molecule has 7 nitrogen and oxygen atoms in total. The third kappa shape index (κ3) is 2.30. The summed E-state index contributed by atoms with van der Waals surface area (Å²) in [7, 11) is 1.54. The van der Waals surface area contributed by atoms with E-state index >= 15 is 0 Å². The molecule has 1 N–H and O–H groups in total. The lowest BCUT2D eigenvalue weighted by molar-refractivity contribution is -0.138. The van der Waals surface area contributed by atoms with Gasteiger partial charge in [0.1, 0.15) is 12.1 Å². The molecule has 0 aliphatic heterocycles. The van der Waals surface area contributed by atoms with Crippen LogP contribution in [0.3, 0.4) is 0 Å². The van der Waals surface area contributed by atoms with E-state index in [2.05, 4.69) is 15.5 Å². The van der Waals surface area contributed by atoms with E-state index in [1.807, 2.05) is 13.8 Å². The molecule has 0 aliphatic carbocycles. The summed E-state index contributed by atoms with van der Waals surface area (Å²) in [5.41, 5.74) is -0.654. The van der Waals surface area contributed by atoms with Crippen LogP contribution in [0.4, 0.5) is 0 Å². The molecule has 1 aromatic heterocycles. The van der Waals surface area contributed by atoms with E-state index < -0.39 is 11.6 Å². The zero-order valence-electron chi connectivity index (χ0n) is 8.97. The summed E-state index contributed by atoms with van der Waals surface area (Å²) in [6.45, 7) is 3.47. The highest BCUT2D eigenvalue weighted by molar-refractivity contribution is 5.66. The summed E-state index contributed by atoms with van der Waals surface area (Å²) in [5.74, 6) is -0.562. The fraction of sp³-hybridized carbons (Fsp3) is 0.750. The van der Waals surface area contributed by atoms with Gasteiger partial charge in [-0.1, -0.05) is 6.92 Å². The lowest BCUT2D eigenvalue weighted by Crippen LogP contribution is -2.29. The minimum Gasteiger partial charge on any atom is -0.480 e. The first-order chi connectivity index (χ1) is 7.03.